The van der Waals surface area contributed by atoms with Crippen LogP contribution < -0.4 is 0 Å². The van der Waals surface area contributed by atoms with Crippen LogP contribution >= 0.6 is 11.3 Å². The van der Waals surface area contributed by atoms with Gasteiger partial charge in [0.2, 0.25) is 0 Å². The number of benzene rings is 2. The molecule has 0 saturated carbocycles. The van der Waals surface area contributed by atoms with Gasteiger partial charge in [-0.05, 0) is 31.8 Å². The van der Waals surface area contributed by atoms with Crippen molar-refractivity contribution in [3.63, 3.8) is 0 Å². The molecule has 0 atom stereocenters. The van der Waals surface area contributed by atoms with Gasteiger partial charge in [0.25, 0.3) is 5.69 Å². The van der Waals surface area contributed by atoms with Gasteiger partial charge in [-0.3, -0.25) is 10.1 Å². The molecule has 1 aromatic heterocycles. The Hall–Kier alpha value is -2.57. The van der Waals surface area contributed by atoms with E-state index in [1.54, 1.807) is 12.1 Å². The molecule has 24 heavy (non-hydrogen) atoms. The summed E-state index contributed by atoms with van der Waals surface area (Å²) in [5, 5.41) is 13.6. The van der Waals surface area contributed by atoms with Gasteiger partial charge in [-0.1, -0.05) is 24.3 Å². The number of hydrogen-bond donors (Lipinski definition) is 0. The zero-order valence-corrected chi connectivity index (χ0v) is 14.3. The van der Waals surface area contributed by atoms with Gasteiger partial charge in [-0.2, -0.15) is 0 Å². The Balaban J connectivity index is 1.81. The molecule has 6 heteroatoms. The SMILES string of the molecule is CN(C)Cc1ccc(-c2csc(-c3ccc([N+](=O)[O-])cc3)n2)cc1. The molecule has 122 valence electrons. The summed E-state index contributed by atoms with van der Waals surface area (Å²) in [4.78, 5) is 17.1. The number of non-ortho nitro benzene ring substituents is 1. The van der Waals surface area contributed by atoms with Crippen molar-refractivity contribution >= 4 is 17.0 Å². The molecule has 0 aliphatic carbocycles. The molecule has 0 N–H and O–H groups in total. The monoisotopic (exact) mass is 339 g/mol. The topological polar surface area (TPSA) is 59.3 Å². The Labute approximate surface area is 144 Å². The van der Waals surface area contributed by atoms with Crippen LogP contribution in [-0.4, -0.2) is 28.9 Å². The minimum atomic E-state index is -0.396. The van der Waals surface area contributed by atoms with Crippen LogP contribution in [0, 0.1) is 10.1 Å². The first kappa shape index (κ1) is 16.3. The van der Waals surface area contributed by atoms with Crippen molar-refractivity contribution in [3.05, 3.63) is 69.6 Å². The molecule has 2 aromatic carbocycles. The van der Waals surface area contributed by atoms with Gasteiger partial charge in [-0.25, -0.2) is 4.98 Å². The van der Waals surface area contributed by atoms with Crippen LogP contribution in [0.5, 0.6) is 0 Å². The summed E-state index contributed by atoms with van der Waals surface area (Å²) in [6.45, 7) is 0.908. The molecule has 0 bridgehead atoms. The number of aromatic nitrogens is 1. The highest BCUT2D eigenvalue weighted by Crippen LogP contribution is 2.30. The third kappa shape index (κ3) is 3.67. The van der Waals surface area contributed by atoms with Crippen molar-refractivity contribution in [2.24, 2.45) is 0 Å². The van der Waals surface area contributed by atoms with E-state index in [2.05, 4.69) is 34.1 Å². The number of rotatable bonds is 5. The van der Waals surface area contributed by atoms with Gasteiger partial charge in [0, 0.05) is 35.2 Å². The molecule has 0 unspecified atom stereocenters. The average Bonchev–Trinajstić information content (AvgIpc) is 3.05. The molecular formula is C18H17N3O2S. The second-order valence-electron chi connectivity index (χ2n) is 5.78. The Morgan fingerprint density at radius 1 is 1.04 bits per heavy atom. The maximum Gasteiger partial charge on any atom is 0.269 e. The molecule has 0 aliphatic heterocycles. The number of thiazole rings is 1. The van der Waals surface area contributed by atoms with Crippen molar-refractivity contribution in [1.82, 2.24) is 9.88 Å². The molecule has 0 spiro atoms. The number of nitrogens with zero attached hydrogens (tertiary/aromatic N) is 3. The first-order chi connectivity index (χ1) is 11.5. The number of nitro groups is 1. The molecule has 1 heterocycles. The van der Waals surface area contributed by atoms with Crippen molar-refractivity contribution in [1.29, 1.82) is 0 Å². The second-order valence-corrected chi connectivity index (χ2v) is 6.63. The zero-order chi connectivity index (χ0) is 17.1. The molecule has 3 rings (SSSR count). The third-order valence-corrected chi connectivity index (χ3v) is 4.47. The normalized spacial score (nSPS) is 11.0. The van der Waals surface area contributed by atoms with Crippen molar-refractivity contribution in [3.8, 4) is 21.8 Å². The van der Waals surface area contributed by atoms with Gasteiger partial charge in [0.05, 0.1) is 10.6 Å². The first-order valence-electron chi connectivity index (χ1n) is 7.47. The van der Waals surface area contributed by atoms with Crippen molar-refractivity contribution < 1.29 is 4.92 Å². The van der Waals surface area contributed by atoms with E-state index >= 15 is 0 Å². The first-order valence-corrected chi connectivity index (χ1v) is 8.35. The minimum Gasteiger partial charge on any atom is -0.305 e. The fourth-order valence-corrected chi connectivity index (χ4v) is 3.25. The average molecular weight is 339 g/mol. The van der Waals surface area contributed by atoms with Gasteiger partial charge >= 0.3 is 0 Å². The smallest absolute Gasteiger partial charge is 0.269 e. The Bertz CT molecular complexity index is 839. The lowest BCUT2D eigenvalue weighted by atomic mass is 10.1. The molecule has 3 aromatic rings. The highest BCUT2D eigenvalue weighted by Gasteiger charge is 2.09. The van der Waals surface area contributed by atoms with E-state index in [1.165, 1.54) is 29.0 Å². The van der Waals surface area contributed by atoms with Crippen molar-refractivity contribution in [2.45, 2.75) is 6.54 Å². The zero-order valence-electron chi connectivity index (χ0n) is 13.5. The Kier molecular flexibility index (Phi) is 4.69. The summed E-state index contributed by atoms with van der Waals surface area (Å²) < 4.78 is 0. The molecule has 0 amide bonds. The molecule has 0 radical (unpaired) electrons. The van der Waals surface area contributed by atoms with Crippen LogP contribution in [0.2, 0.25) is 0 Å². The van der Waals surface area contributed by atoms with E-state index in [0.717, 1.165) is 28.4 Å². The third-order valence-electron chi connectivity index (χ3n) is 3.58. The predicted molar refractivity (Wildman–Crippen MR) is 97.0 cm³/mol. The lowest BCUT2D eigenvalue weighted by Crippen LogP contribution is -2.10. The van der Waals surface area contributed by atoms with Gasteiger partial charge in [-0.15, -0.1) is 11.3 Å². The number of nitro benzene ring substituents is 1. The van der Waals surface area contributed by atoms with Crippen LogP contribution in [0.1, 0.15) is 5.56 Å². The fourth-order valence-electron chi connectivity index (χ4n) is 2.41. The molecule has 0 aliphatic rings. The highest BCUT2D eigenvalue weighted by atomic mass is 32.1. The second kappa shape index (κ2) is 6.90. The molecule has 5 nitrogen and oxygen atoms in total. The van der Waals surface area contributed by atoms with Crippen LogP contribution in [-0.2, 0) is 6.54 Å². The number of hydrogen-bond acceptors (Lipinski definition) is 5. The summed E-state index contributed by atoms with van der Waals surface area (Å²) >= 11 is 1.54. The van der Waals surface area contributed by atoms with Crippen molar-refractivity contribution in [2.75, 3.05) is 14.1 Å². The molecular weight excluding hydrogens is 322 g/mol. The Morgan fingerprint density at radius 3 is 2.25 bits per heavy atom. The van der Waals surface area contributed by atoms with Gasteiger partial charge in [0.15, 0.2) is 0 Å². The highest BCUT2D eigenvalue weighted by molar-refractivity contribution is 7.13. The van der Waals surface area contributed by atoms with Crippen LogP contribution in [0.15, 0.2) is 53.9 Å². The van der Waals surface area contributed by atoms with Crippen LogP contribution in [0.25, 0.3) is 21.8 Å². The van der Waals surface area contributed by atoms with Crippen LogP contribution in [0.4, 0.5) is 5.69 Å². The van der Waals surface area contributed by atoms with E-state index in [1.807, 2.05) is 19.5 Å². The minimum absolute atomic E-state index is 0.0898. The lowest BCUT2D eigenvalue weighted by Gasteiger charge is -2.09. The maximum absolute atomic E-state index is 10.7. The summed E-state index contributed by atoms with van der Waals surface area (Å²) in [6.07, 6.45) is 0. The lowest BCUT2D eigenvalue weighted by molar-refractivity contribution is -0.384. The largest absolute Gasteiger partial charge is 0.305 e. The summed E-state index contributed by atoms with van der Waals surface area (Å²) in [5.74, 6) is 0. The van der Waals surface area contributed by atoms with Crippen LogP contribution in [0.3, 0.4) is 0 Å². The van der Waals surface area contributed by atoms with Gasteiger partial charge in [0.1, 0.15) is 5.01 Å². The predicted octanol–water partition coefficient (Wildman–Crippen LogP) is 4.45. The summed E-state index contributed by atoms with van der Waals surface area (Å²) in [7, 11) is 4.09. The van der Waals surface area contributed by atoms with E-state index in [9.17, 15) is 10.1 Å². The standard InChI is InChI=1S/C18H17N3O2S/c1-20(2)11-13-3-5-14(6-4-13)17-12-24-18(19-17)15-7-9-16(10-8-15)21(22)23/h3-10,12H,11H2,1-2H3. The van der Waals surface area contributed by atoms with E-state index in [4.69, 9.17) is 0 Å². The van der Waals surface area contributed by atoms with E-state index in [-0.39, 0.29) is 5.69 Å². The fraction of sp³-hybridized carbons (Fsp3) is 0.167. The summed E-state index contributed by atoms with van der Waals surface area (Å²) in [6, 6.07) is 14.9. The Morgan fingerprint density at radius 2 is 1.67 bits per heavy atom. The maximum atomic E-state index is 10.7. The quantitative estimate of drug-likeness (QED) is 0.509. The summed E-state index contributed by atoms with van der Waals surface area (Å²) in [5.41, 5.74) is 4.23. The van der Waals surface area contributed by atoms with Gasteiger partial charge < -0.3 is 4.90 Å². The molecule has 0 fully saturated rings. The molecule has 0 saturated heterocycles. The van der Waals surface area contributed by atoms with E-state index < -0.39 is 4.92 Å². The van der Waals surface area contributed by atoms with E-state index in [0.29, 0.717) is 0 Å².